The molecule has 0 fully saturated rings. The second kappa shape index (κ2) is 7.29. The quantitative estimate of drug-likeness (QED) is 0.742. The summed E-state index contributed by atoms with van der Waals surface area (Å²) < 4.78 is 7.12. The first-order chi connectivity index (χ1) is 12.4. The van der Waals surface area contributed by atoms with Crippen LogP contribution in [0.4, 0.5) is 0 Å². The number of H-pyrrole nitrogens is 1. The summed E-state index contributed by atoms with van der Waals surface area (Å²) in [5.74, 6) is 2.62. The maximum Gasteiger partial charge on any atom is 0.254 e. The van der Waals surface area contributed by atoms with Crippen molar-refractivity contribution in [3.8, 4) is 11.4 Å². The molecule has 7 nitrogen and oxygen atoms in total. The van der Waals surface area contributed by atoms with Gasteiger partial charge in [-0.2, -0.15) is 5.10 Å². The van der Waals surface area contributed by atoms with Crippen LogP contribution in [-0.2, 0) is 6.42 Å². The van der Waals surface area contributed by atoms with Crippen molar-refractivity contribution in [1.82, 2.24) is 24.7 Å². The minimum atomic E-state index is -0.184. The van der Waals surface area contributed by atoms with Gasteiger partial charge in [-0.3, -0.25) is 4.79 Å². The summed E-state index contributed by atoms with van der Waals surface area (Å²) in [5.41, 5.74) is 1.00. The van der Waals surface area contributed by atoms with Crippen molar-refractivity contribution in [2.24, 2.45) is 0 Å². The van der Waals surface area contributed by atoms with E-state index < -0.39 is 0 Å². The molecular weight excluding hydrogens is 354 g/mol. The summed E-state index contributed by atoms with van der Waals surface area (Å²) in [6.07, 6.45) is 1.86. The predicted octanol–water partition coefficient (Wildman–Crippen LogP) is 3.04. The first kappa shape index (κ1) is 18.1. The third kappa shape index (κ3) is 3.62. The molecular formula is C18H20ClN5O2. The van der Waals surface area contributed by atoms with Crippen molar-refractivity contribution in [2.75, 3.05) is 7.11 Å². The Kier molecular flexibility index (Phi) is 5.08. The Morgan fingerprint density at radius 3 is 2.77 bits per heavy atom. The number of aromatic nitrogens is 5. The topological polar surface area (TPSA) is 85.7 Å². The summed E-state index contributed by atoms with van der Waals surface area (Å²) in [4.78, 5) is 23.7. The van der Waals surface area contributed by atoms with Gasteiger partial charge < -0.3 is 9.72 Å². The maximum absolute atomic E-state index is 12.2. The van der Waals surface area contributed by atoms with E-state index in [4.69, 9.17) is 16.3 Å². The number of benzene rings is 1. The lowest BCUT2D eigenvalue weighted by Crippen LogP contribution is -2.17. The predicted molar refractivity (Wildman–Crippen MR) is 99.4 cm³/mol. The number of rotatable bonds is 5. The molecule has 3 rings (SSSR count). The van der Waals surface area contributed by atoms with E-state index in [0.717, 1.165) is 0 Å². The van der Waals surface area contributed by atoms with Crippen LogP contribution < -0.4 is 10.3 Å². The molecule has 26 heavy (non-hydrogen) atoms. The van der Waals surface area contributed by atoms with Gasteiger partial charge in [-0.15, -0.1) is 0 Å². The van der Waals surface area contributed by atoms with E-state index in [1.54, 1.807) is 43.1 Å². The molecule has 2 aromatic heterocycles. The fourth-order valence-electron chi connectivity index (χ4n) is 2.55. The summed E-state index contributed by atoms with van der Waals surface area (Å²) in [6.45, 7) is 5.76. The van der Waals surface area contributed by atoms with Gasteiger partial charge in [-0.1, -0.05) is 25.4 Å². The lowest BCUT2D eigenvalue weighted by molar-refractivity contribution is 0.411. The molecule has 0 amide bonds. The molecule has 0 unspecified atom stereocenters. The van der Waals surface area contributed by atoms with E-state index in [0.29, 0.717) is 39.5 Å². The largest absolute Gasteiger partial charge is 0.494 e. The Bertz CT molecular complexity index is 993. The van der Waals surface area contributed by atoms with E-state index in [1.807, 2.05) is 13.8 Å². The van der Waals surface area contributed by atoms with Gasteiger partial charge in [0.15, 0.2) is 5.82 Å². The van der Waals surface area contributed by atoms with Gasteiger partial charge in [-0.25, -0.2) is 14.6 Å². The second-order valence-corrected chi connectivity index (χ2v) is 6.71. The van der Waals surface area contributed by atoms with Crippen LogP contribution in [0.15, 0.2) is 29.2 Å². The van der Waals surface area contributed by atoms with Gasteiger partial charge in [0.1, 0.15) is 23.1 Å². The highest BCUT2D eigenvalue weighted by Crippen LogP contribution is 2.28. The minimum absolute atomic E-state index is 0.134. The Labute approximate surface area is 156 Å². The van der Waals surface area contributed by atoms with Crippen LogP contribution in [0.2, 0.25) is 5.02 Å². The molecule has 0 spiro atoms. The smallest absolute Gasteiger partial charge is 0.254 e. The van der Waals surface area contributed by atoms with Crippen LogP contribution in [-0.4, -0.2) is 31.8 Å². The van der Waals surface area contributed by atoms with Crippen molar-refractivity contribution in [1.29, 1.82) is 0 Å². The molecule has 0 aliphatic rings. The lowest BCUT2D eigenvalue weighted by atomic mass is 10.2. The average molecular weight is 374 g/mol. The van der Waals surface area contributed by atoms with Crippen LogP contribution >= 0.6 is 11.6 Å². The van der Waals surface area contributed by atoms with Crippen LogP contribution in [0, 0.1) is 6.92 Å². The van der Waals surface area contributed by atoms with E-state index >= 15 is 0 Å². The third-order valence-corrected chi connectivity index (χ3v) is 4.16. The van der Waals surface area contributed by atoms with E-state index in [-0.39, 0.29) is 17.9 Å². The van der Waals surface area contributed by atoms with Crippen LogP contribution in [0.3, 0.4) is 0 Å². The maximum atomic E-state index is 12.2. The van der Waals surface area contributed by atoms with Crippen molar-refractivity contribution in [3.05, 3.63) is 62.8 Å². The lowest BCUT2D eigenvalue weighted by Gasteiger charge is -2.11. The highest BCUT2D eigenvalue weighted by Gasteiger charge is 2.18. The third-order valence-electron chi connectivity index (χ3n) is 3.92. The SMILES string of the molecule is COc1ccc(Cl)cc1-n1nc(C(C)C)nc1Cc1cnc(C)[nH]c1=O. The Balaban J connectivity index is 2.14. The molecule has 0 aliphatic heterocycles. The monoisotopic (exact) mass is 373 g/mol. The highest BCUT2D eigenvalue weighted by molar-refractivity contribution is 6.30. The fraction of sp³-hybridized carbons (Fsp3) is 0.333. The molecule has 0 radical (unpaired) electrons. The summed E-state index contributed by atoms with van der Waals surface area (Å²) in [7, 11) is 1.58. The van der Waals surface area contributed by atoms with Crippen molar-refractivity contribution >= 4 is 11.6 Å². The fourth-order valence-corrected chi connectivity index (χ4v) is 2.72. The highest BCUT2D eigenvalue weighted by atomic mass is 35.5. The van der Waals surface area contributed by atoms with Crippen LogP contribution in [0.1, 0.15) is 42.8 Å². The number of hydrogen-bond donors (Lipinski definition) is 1. The number of methoxy groups -OCH3 is 1. The molecule has 1 N–H and O–H groups in total. The minimum Gasteiger partial charge on any atom is -0.494 e. The first-order valence-electron chi connectivity index (χ1n) is 8.23. The van der Waals surface area contributed by atoms with Crippen molar-refractivity contribution in [3.63, 3.8) is 0 Å². The molecule has 0 aliphatic carbocycles. The molecule has 1 aromatic carbocycles. The molecule has 0 bridgehead atoms. The second-order valence-electron chi connectivity index (χ2n) is 6.27. The summed E-state index contributed by atoms with van der Waals surface area (Å²) >= 11 is 6.17. The zero-order chi connectivity index (χ0) is 18.8. The van der Waals surface area contributed by atoms with Crippen molar-refractivity contribution < 1.29 is 4.74 Å². The van der Waals surface area contributed by atoms with Gasteiger partial charge in [0.2, 0.25) is 0 Å². The number of hydrogen-bond acceptors (Lipinski definition) is 5. The van der Waals surface area contributed by atoms with Crippen LogP contribution in [0.25, 0.3) is 5.69 Å². The van der Waals surface area contributed by atoms with Gasteiger partial charge >= 0.3 is 0 Å². The van der Waals surface area contributed by atoms with E-state index in [1.165, 1.54) is 0 Å². The Morgan fingerprint density at radius 2 is 2.12 bits per heavy atom. The number of halogens is 1. The van der Waals surface area contributed by atoms with Crippen molar-refractivity contribution in [2.45, 2.75) is 33.1 Å². The average Bonchev–Trinajstić information content (AvgIpc) is 3.01. The van der Waals surface area contributed by atoms with Gasteiger partial charge in [0.25, 0.3) is 5.56 Å². The zero-order valence-corrected chi connectivity index (χ0v) is 15.8. The van der Waals surface area contributed by atoms with Gasteiger partial charge in [0, 0.05) is 29.1 Å². The number of aryl methyl sites for hydroxylation is 1. The van der Waals surface area contributed by atoms with E-state index in [9.17, 15) is 4.79 Å². The Morgan fingerprint density at radius 1 is 1.35 bits per heavy atom. The summed E-state index contributed by atoms with van der Waals surface area (Å²) in [6, 6.07) is 5.29. The first-order valence-corrected chi connectivity index (χ1v) is 8.61. The number of aromatic amines is 1. The van der Waals surface area contributed by atoms with Gasteiger partial charge in [0.05, 0.1) is 7.11 Å². The molecule has 0 saturated heterocycles. The molecule has 0 atom stereocenters. The number of nitrogens with zero attached hydrogens (tertiary/aromatic N) is 4. The number of nitrogens with one attached hydrogen (secondary N) is 1. The standard InChI is InChI=1S/C18H20ClN5O2/c1-10(2)17-22-16(7-12-9-20-11(3)21-18(12)25)24(23-17)14-8-13(19)5-6-15(14)26-4/h5-6,8-10H,7H2,1-4H3,(H,20,21,25). The van der Waals surface area contributed by atoms with Gasteiger partial charge in [-0.05, 0) is 25.1 Å². The number of ether oxygens (including phenoxy) is 1. The Hall–Kier alpha value is -2.67. The van der Waals surface area contributed by atoms with E-state index in [2.05, 4.69) is 20.1 Å². The molecule has 0 saturated carbocycles. The normalized spacial score (nSPS) is 11.2. The van der Waals surface area contributed by atoms with Crippen LogP contribution in [0.5, 0.6) is 5.75 Å². The zero-order valence-electron chi connectivity index (χ0n) is 15.1. The molecule has 2 heterocycles. The molecule has 3 aromatic rings. The molecule has 136 valence electrons. The molecule has 8 heteroatoms. The summed E-state index contributed by atoms with van der Waals surface area (Å²) in [5, 5.41) is 5.17.